The average molecular weight is 299 g/mol. The molecule has 6 heteroatoms. The molecule has 1 saturated heterocycles. The zero-order chi connectivity index (χ0) is 14.6. The molecule has 112 valence electrons. The molecule has 0 radical (unpaired) electrons. The molecule has 0 aliphatic carbocycles. The van der Waals surface area contributed by atoms with E-state index < -0.39 is 10.0 Å². The number of benzene rings is 1. The van der Waals surface area contributed by atoms with Crippen molar-refractivity contribution in [2.24, 2.45) is 0 Å². The van der Waals surface area contributed by atoms with E-state index in [0.29, 0.717) is 25.9 Å². The van der Waals surface area contributed by atoms with Crippen LogP contribution in [0.2, 0.25) is 0 Å². The third kappa shape index (κ3) is 4.02. The first-order valence-corrected chi connectivity index (χ1v) is 8.33. The maximum Gasteiger partial charge on any atom is 0.240 e. The van der Waals surface area contributed by atoms with Crippen LogP contribution >= 0.6 is 0 Å². The maximum atomic E-state index is 12.3. The molecule has 1 aliphatic rings. The zero-order valence-corrected chi connectivity index (χ0v) is 12.4. The number of aliphatic hydroxyl groups excluding tert-OH is 1. The van der Waals surface area contributed by atoms with Crippen LogP contribution in [0.5, 0.6) is 0 Å². The van der Waals surface area contributed by atoms with Crippen molar-refractivity contribution < 1.29 is 18.3 Å². The van der Waals surface area contributed by atoms with Crippen LogP contribution in [0.3, 0.4) is 0 Å². The van der Waals surface area contributed by atoms with Gasteiger partial charge in [0.25, 0.3) is 0 Å². The van der Waals surface area contributed by atoms with Gasteiger partial charge in [-0.1, -0.05) is 12.1 Å². The predicted molar refractivity (Wildman–Crippen MR) is 76.0 cm³/mol. The van der Waals surface area contributed by atoms with Crippen LogP contribution in [-0.2, 0) is 21.2 Å². The summed E-state index contributed by atoms with van der Waals surface area (Å²) < 4.78 is 32.7. The van der Waals surface area contributed by atoms with E-state index in [9.17, 15) is 8.42 Å². The van der Waals surface area contributed by atoms with Crippen molar-refractivity contribution in [3.05, 3.63) is 29.8 Å². The van der Waals surface area contributed by atoms with E-state index in [-0.39, 0.29) is 23.6 Å². The van der Waals surface area contributed by atoms with Crippen molar-refractivity contribution >= 4 is 10.0 Å². The van der Waals surface area contributed by atoms with E-state index in [1.54, 1.807) is 24.3 Å². The Hall–Kier alpha value is -0.950. The fourth-order valence-corrected chi connectivity index (χ4v) is 3.64. The molecular formula is C14H21NO4S. The quantitative estimate of drug-likeness (QED) is 0.852. The molecule has 1 fully saturated rings. The Balaban J connectivity index is 2.05. The second-order valence-corrected chi connectivity index (χ2v) is 6.86. The lowest BCUT2D eigenvalue weighted by Gasteiger charge is -2.27. The molecular weight excluding hydrogens is 278 g/mol. The van der Waals surface area contributed by atoms with Crippen LogP contribution in [0.1, 0.15) is 25.3 Å². The lowest BCUT2D eigenvalue weighted by atomic mass is 10.1. The minimum absolute atomic E-state index is 0.0598. The lowest BCUT2D eigenvalue weighted by Crippen LogP contribution is -2.41. The highest BCUT2D eigenvalue weighted by Crippen LogP contribution is 2.17. The van der Waals surface area contributed by atoms with Gasteiger partial charge in [-0.05, 0) is 43.9 Å². The monoisotopic (exact) mass is 299 g/mol. The second kappa shape index (κ2) is 6.67. The number of hydrogen-bond donors (Lipinski definition) is 2. The van der Waals surface area contributed by atoms with Crippen LogP contribution in [0.15, 0.2) is 29.2 Å². The molecule has 2 N–H and O–H groups in total. The van der Waals surface area contributed by atoms with Crippen molar-refractivity contribution in [3.63, 3.8) is 0 Å². The number of hydrogen-bond acceptors (Lipinski definition) is 4. The van der Waals surface area contributed by atoms with E-state index in [2.05, 4.69) is 4.72 Å². The molecule has 0 spiro atoms. The molecule has 0 bridgehead atoms. The third-order valence-electron chi connectivity index (χ3n) is 3.44. The van der Waals surface area contributed by atoms with Crippen LogP contribution < -0.4 is 4.72 Å². The van der Waals surface area contributed by atoms with E-state index >= 15 is 0 Å². The van der Waals surface area contributed by atoms with Crippen molar-refractivity contribution in [2.45, 2.75) is 43.2 Å². The first kappa shape index (κ1) is 15.4. The van der Waals surface area contributed by atoms with Gasteiger partial charge in [-0.2, -0.15) is 0 Å². The first-order chi connectivity index (χ1) is 9.51. The highest BCUT2D eigenvalue weighted by molar-refractivity contribution is 7.89. The third-order valence-corrected chi connectivity index (χ3v) is 4.98. The Kier molecular flexibility index (Phi) is 5.15. The molecule has 2 atom stereocenters. The summed E-state index contributed by atoms with van der Waals surface area (Å²) in [5, 5.41) is 8.85. The van der Waals surface area contributed by atoms with Crippen molar-refractivity contribution in [3.8, 4) is 0 Å². The minimum Gasteiger partial charge on any atom is -0.396 e. The minimum atomic E-state index is -3.48. The summed E-state index contributed by atoms with van der Waals surface area (Å²) >= 11 is 0. The van der Waals surface area contributed by atoms with Gasteiger partial charge in [0.05, 0.1) is 11.0 Å². The Morgan fingerprint density at radius 1 is 1.35 bits per heavy atom. The average Bonchev–Trinajstić information content (AvgIpc) is 2.39. The summed E-state index contributed by atoms with van der Waals surface area (Å²) in [5.74, 6) is 0. The zero-order valence-electron chi connectivity index (χ0n) is 11.6. The van der Waals surface area contributed by atoms with Gasteiger partial charge in [0, 0.05) is 19.3 Å². The molecule has 1 heterocycles. The maximum absolute atomic E-state index is 12.3. The van der Waals surface area contributed by atoms with Gasteiger partial charge in [-0.25, -0.2) is 13.1 Å². The molecule has 1 aromatic rings. The van der Waals surface area contributed by atoms with Gasteiger partial charge in [0.2, 0.25) is 10.0 Å². The molecule has 2 unspecified atom stereocenters. The van der Waals surface area contributed by atoms with Crippen molar-refractivity contribution in [1.82, 2.24) is 4.72 Å². The molecule has 0 saturated carbocycles. The number of sulfonamides is 1. The highest BCUT2D eigenvalue weighted by atomic mass is 32.2. The van der Waals surface area contributed by atoms with Gasteiger partial charge in [0.1, 0.15) is 0 Å². The van der Waals surface area contributed by atoms with E-state index in [1.807, 2.05) is 6.92 Å². The molecule has 0 amide bonds. The van der Waals surface area contributed by atoms with Gasteiger partial charge < -0.3 is 9.84 Å². The smallest absolute Gasteiger partial charge is 0.240 e. The van der Waals surface area contributed by atoms with Gasteiger partial charge in [-0.15, -0.1) is 0 Å². The van der Waals surface area contributed by atoms with E-state index in [4.69, 9.17) is 9.84 Å². The van der Waals surface area contributed by atoms with Gasteiger partial charge in [0.15, 0.2) is 0 Å². The van der Waals surface area contributed by atoms with Crippen LogP contribution in [0.4, 0.5) is 0 Å². The fourth-order valence-electron chi connectivity index (χ4n) is 2.36. The van der Waals surface area contributed by atoms with Crippen LogP contribution in [0, 0.1) is 0 Å². The largest absolute Gasteiger partial charge is 0.396 e. The summed E-state index contributed by atoms with van der Waals surface area (Å²) in [4.78, 5) is 0.262. The predicted octanol–water partition coefficient (Wildman–Crippen LogP) is 1.07. The fraction of sp³-hybridized carbons (Fsp3) is 0.571. The van der Waals surface area contributed by atoms with E-state index in [1.165, 1.54) is 0 Å². The molecule has 1 aromatic carbocycles. The Labute approximate surface area is 120 Å². The van der Waals surface area contributed by atoms with Crippen LogP contribution in [0.25, 0.3) is 0 Å². The summed E-state index contributed by atoms with van der Waals surface area (Å²) in [6.45, 7) is 2.60. The lowest BCUT2D eigenvalue weighted by molar-refractivity contribution is 0.0173. The van der Waals surface area contributed by atoms with Gasteiger partial charge in [-0.3, -0.25) is 0 Å². The number of nitrogens with one attached hydrogen (secondary N) is 1. The summed E-state index contributed by atoms with van der Waals surface area (Å²) in [6.07, 6.45) is 2.02. The standard InChI is InChI=1S/C14H21NO4S/c1-11-10-13(7-9-19-11)15-20(17,18)14-4-2-12(3-5-14)6-8-16/h2-5,11,13,15-16H,6-10H2,1H3. The van der Waals surface area contributed by atoms with Crippen LogP contribution in [-0.4, -0.2) is 38.9 Å². The van der Waals surface area contributed by atoms with Gasteiger partial charge >= 0.3 is 0 Å². The number of rotatable bonds is 5. The van der Waals surface area contributed by atoms with E-state index in [0.717, 1.165) is 5.56 Å². The Morgan fingerprint density at radius 2 is 2.05 bits per heavy atom. The number of aliphatic hydroxyl groups is 1. The summed E-state index contributed by atoms with van der Waals surface area (Å²) in [7, 11) is -3.48. The summed E-state index contributed by atoms with van der Waals surface area (Å²) in [6, 6.07) is 6.56. The normalized spacial score (nSPS) is 23.7. The molecule has 5 nitrogen and oxygen atoms in total. The highest BCUT2D eigenvalue weighted by Gasteiger charge is 2.24. The number of ether oxygens (including phenoxy) is 1. The van der Waals surface area contributed by atoms with Crippen molar-refractivity contribution in [1.29, 1.82) is 0 Å². The Morgan fingerprint density at radius 3 is 2.65 bits per heavy atom. The molecule has 20 heavy (non-hydrogen) atoms. The summed E-state index contributed by atoms with van der Waals surface area (Å²) in [5.41, 5.74) is 0.922. The Bertz CT molecular complexity index is 527. The SMILES string of the molecule is CC1CC(NS(=O)(=O)c2ccc(CCO)cc2)CCO1. The second-order valence-electron chi connectivity index (χ2n) is 5.14. The van der Waals surface area contributed by atoms with Crippen molar-refractivity contribution in [2.75, 3.05) is 13.2 Å². The first-order valence-electron chi connectivity index (χ1n) is 6.85. The topological polar surface area (TPSA) is 75.6 Å². The molecule has 2 rings (SSSR count). The molecule has 1 aliphatic heterocycles. The molecule has 0 aromatic heterocycles.